The Hall–Kier alpha value is -1.95. The van der Waals surface area contributed by atoms with Crippen LogP contribution in [-0.2, 0) is 4.79 Å². The summed E-state index contributed by atoms with van der Waals surface area (Å²) in [6, 6.07) is 5.12. The minimum absolute atomic E-state index is 0.0383. The van der Waals surface area contributed by atoms with Gasteiger partial charge in [-0.1, -0.05) is 12.1 Å². The number of aryl methyl sites for hydroxylation is 1. The van der Waals surface area contributed by atoms with E-state index in [-0.39, 0.29) is 28.6 Å². The third-order valence-corrected chi connectivity index (χ3v) is 4.53. The van der Waals surface area contributed by atoms with Crippen molar-refractivity contribution in [1.82, 2.24) is 4.90 Å². The Bertz CT molecular complexity index is 573. The Morgan fingerprint density at radius 3 is 2.71 bits per heavy atom. The molecule has 2 rings (SSSR count). The number of rotatable bonds is 4. The van der Waals surface area contributed by atoms with Crippen LogP contribution in [0, 0.1) is 23.0 Å². The molecule has 1 aliphatic heterocycles. The molecule has 114 valence electrons. The summed E-state index contributed by atoms with van der Waals surface area (Å²) in [5, 5.41) is 20.2. The molecule has 1 aromatic rings. The van der Waals surface area contributed by atoms with Crippen LogP contribution >= 0.6 is 0 Å². The second kappa shape index (κ2) is 5.81. The van der Waals surface area contributed by atoms with Crippen molar-refractivity contribution in [1.29, 1.82) is 0 Å². The van der Waals surface area contributed by atoms with Crippen LogP contribution in [0.15, 0.2) is 18.2 Å². The van der Waals surface area contributed by atoms with Crippen LogP contribution in [0.5, 0.6) is 0 Å². The standard InChI is InChI=1S/C15H20N2O4/c1-9-4-5-12(8-14(9)17(20)21)10(2)16-7-6-13(11(16)3)15(18)19/h4-5,8,10-11,13H,6-7H2,1-3H3,(H,18,19). The molecule has 0 spiro atoms. The first-order valence-corrected chi connectivity index (χ1v) is 7.06. The van der Waals surface area contributed by atoms with Crippen molar-refractivity contribution in [2.24, 2.45) is 5.92 Å². The summed E-state index contributed by atoms with van der Waals surface area (Å²) in [6.07, 6.45) is 0.620. The van der Waals surface area contributed by atoms with Crippen molar-refractivity contribution in [2.45, 2.75) is 39.3 Å². The third kappa shape index (κ3) is 2.90. The normalized spacial score (nSPS) is 24.0. The molecule has 1 aromatic carbocycles. The zero-order valence-electron chi connectivity index (χ0n) is 12.4. The van der Waals surface area contributed by atoms with E-state index in [1.54, 1.807) is 19.1 Å². The van der Waals surface area contributed by atoms with E-state index in [0.717, 1.165) is 5.56 Å². The van der Waals surface area contributed by atoms with Gasteiger partial charge in [-0.05, 0) is 39.3 Å². The van der Waals surface area contributed by atoms with E-state index in [1.165, 1.54) is 0 Å². The molecule has 1 N–H and O–H groups in total. The van der Waals surface area contributed by atoms with Gasteiger partial charge in [0.25, 0.3) is 5.69 Å². The zero-order chi connectivity index (χ0) is 15.7. The SMILES string of the molecule is Cc1ccc(C(C)N2CCC(C(=O)O)C2C)cc1[N+](=O)[O-]. The molecule has 21 heavy (non-hydrogen) atoms. The van der Waals surface area contributed by atoms with Crippen molar-refractivity contribution in [2.75, 3.05) is 6.54 Å². The highest BCUT2D eigenvalue weighted by Crippen LogP contribution is 2.34. The van der Waals surface area contributed by atoms with Crippen molar-refractivity contribution >= 4 is 11.7 Å². The second-order valence-corrected chi connectivity index (χ2v) is 5.69. The Kier molecular flexibility index (Phi) is 4.27. The van der Waals surface area contributed by atoms with Gasteiger partial charge in [-0.3, -0.25) is 19.8 Å². The number of hydrogen-bond acceptors (Lipinski definition) is 4. The lowest BCUT2D eigenvalue weighted by Gasteiger charge is -2.30. The van der Waals surface area contributed by atoms with Crippen LogP contribution in [0.25, 0.3) is 0 Å². The molecule has 1 fully saturated rings. The Morgan fingerprint density at radius 2 is 2.19 bits per heavy atom. The number of likely N-dealkylation sites (tertiary alicyclic amines) is 1. The molecule has 6 heteroatoms. The van der Waals surface area contributed by atoms with Gasteiger partial charge in [-0.25, -0.2) is 0 Å². The van der Waals surface area contributed by atoms with Crippen LogP contribution < -0.4 is 0 Å². The van der Waals surface area contributed by atoms with E-state index in [1.807, 2.05) is 19.9 Å². The van der Waals surface area contributed by atoms with E-state index < -0.39 is 5.97 Å². The van der Waals surface area contributed by atoms with E-state index in [2.05, 4.69) is 4.90 Å². The first-order valence-electron chi connectivity index (χ1n) is 7.06. The lowest BCUT2D eigenvalue weighted by Crippen LogP contribution is -2.34. The molecule has 3 atom stereocenters. The van der Waals surface area contributed by atoms with Gasteiger partial charge in [-0.2, -0.15) is 0 Å². The van der Waals surface area contributed by atoms with Gasteiger partial charge < -0.3 is 5.11 Å². The first-order chi connectivity index (χ1) is 9.82. The maximum Gasteiger partial charge on any atom is 0.308 e. The Morgan fingerprint density at radius 1 is 1.52 bits per heavy atom. The number of carboxylic acid groups (broad SMARTS) is 1. The van der Waals surface area contributed by atoms with Crippen LogP contribution in [0.1, 0.15) is 37.4 Å². The number of nitro benzene ring substituents is 1. The van der Waals surface area contributed by atoms with Crippen molar-refractivity contribution in [3.63, 3.8) is 0 Å². The Labute approximate surface area is 123 Å². The minimum atomic E-state index is -0.771. The van der Waals surface area contributed by atoms with Gasteiger partial charge >= 0.3 is 5.97 Å². The molecule has 3 unspecified atom stereocenters. The lowest BCUT2D eigenvalue weighted by molar-refractivity contribution is -0.385. The molecule has 1 aliphatic rings. The fourth-order valence-electron chi connectivity index (χ4n) is 3.11. The van der Waals surface area contributed by atoms with Gasteiger partial charge in [-0.15, -0.1) is 0 Å². The first kappa shape index (κ1) is 15.4. The molecular formula is C15H20N2O4. The maximum atomic E-state index is 11.2. The number of nitro groups is 1. The number of carboxylic acids is 1. The molecule has 6 nitrogen and oxygen atoms in total. The Balaban J connectivity index is 2.25. The quantitative estimate of drug-likeness (QED) is 0.681. The average Bonchev–Trinajstić information content (AvgIpc) is 2.80. The van der Waals surface area contributed by atoms with Crippen LogP contribution in [0.3, 0.4) is 0 Å². The molecule has 0 amide bonds. The molecule has 0 radical (unpaired) electrons. The van der Waals surface area contributed by atoms with Crippen LogP contribution in [-0.4, -0.2) is 33.5 Å². The molecule has 0 aromatic heterocycles. The third-order valence-electron chi connectivity index (χ3n) is 4.53. The summed E-state index contributed by atoms with van der Waals surface area (Å²) in [4.78, 5) is 24.0. The lowest BCUT2D eigenvalue weighted by atomic mass is 10.00. The molecule has 0 bridgehead atoms. The summed E-state index contributed by atoms with van der Waals surface area (Å²) < 4.78 is 0. The molecule has 1 heterocycles. The highest BCUT2D eigenvalue weighted by molar-refractivity contribution is 5.71. The fraction of sp³-hybridized carbons (Fsp3) is 0.533. The summed E-state index contributed by atoms with van der Waals surface area (Å²) >= 11 is 0. The maximum absolute atomic E-state index is 11.2. The van der Waals surface area contributed by atoms with Crippen LogP contribution in [0.2, 0.25) is 0 Å². The van der Waals surface area contributed by atoms with E-state index in [4.69, 9.17) is 0 Å². The number of carbonyl (C=O) groups is 1. The summed E-state index contributed by atoms with van der Waals surface area (Å²) in [7, 11) is 0. The predicted octanol–water partition coefficient (Wildman–Crippen LogP) is 2.76. The topological polar surface area (TPSA) is 83.7 Å². The van der Waals surface area contributed by atoms with Gasteiger partial charge in [0.15, 0.2) is 0 Å². The molecule has 1 saturated heterocycles. The molecule has 0 aliphatic carbocycles. The van der Waals surface area contributed by atoms with E-state index >= 15 is 0 Å². The average molecular weight is 292 g/mol. The number of nitrogens with zero attached hydrogens (tertiary/aromatic N) is 2. The van der Waals surface area contributed by atoms with Crippen molar-refractivity contribution in [3.05, 3.63) is 39.4 Å². The van der Waals surface area contributed by atoms with Gasteiger partial charge in [0.05, 0.1) is 10.8 Å². The summed E-state index contributed by atoms with van der Waals surface area (Å²) in [5.41, 5.74) is 1.60. The number of aliphatic carboxylic acids is 1. The van der Waals surface area contributed by atoms with Crippen molar-refractivity contribution < 1.29 is 14.8 Å². The minimum Gasteiger partial charge on any atom is -0.481 e. The van der Waals surface area contributed by atoms with Crippen molar-refractivity contribution in [3.8, 4) is 0 Å². The van der Waals surface area contributed by atoms with E-state index in [0.29, 0.717) is 18.5 Å². The number of hydrogen-bond donors (Lipinski definition) is 1. The highest BCUT2D eigenvalue weighted by atomic mass is 16.6. The fourth-order valence-corrected chi connectivity index (χ4v) is 3.11. The summed E-state index contributed by atoms with van der Waals surface area (Å²) in [5.74, 6) is -1.14. The van der Waals surface area contributed by atoms with Gasteiger partial charge in [0.2, 0.25) is 0 Å². The highest BCUT2D eigenvalue weighted by Gasteiger charge is 2.38. The van der Waals surface area contributed by atoms with Crippen LogP contribution in [0.4, 0.5) is 5.69 Å². The summed E-state index contributed by atoms with van der Waals surface area (Å²) in [6.45, 7) is 6.28. The second-order valence-electron chi connectivity index (χ2n) is 5.69. The van der Waals surface area contributed by atoms with Gasteiger partial charge in [0, 0.05) is 23.7 Å². The number of benzene rings is 1. The van der Waals surface area contributed by atoms with Gasteiger partial charge in [0.1, 0.15) is 0 Å². The van der Waals surface area contributed by atoms with E-state index in [9.17, 15) is 20.0 Å². The molecular weight excluding hydrogens is 272 g/mol. The molecule has 0 saturated carbocycles. The predicted molar refractivity (Wildman–Crippen MR) is 78.2 cm³/mol. The largest absolute Gasteiger partial charge is 0.481 e. The zero-order valence-corrected chi connectivity index (χ0v) is 12.4. The monoisotopic (exact) mass is 292 g/mol. The smallest absolute Gasteiger partial charge is 0.308 e.